The first-order valence-corrected chi connectivity index (χ1v) is 1.52. The molecule has 0 saturated carbocycles. The molecule has 42 valence electrons. The van der Waals surface area contributed by atoms with Gasteiger partial charge in [-0.15, -0.1) is 10.6 Å². The van der Waals surface area contributed by atoms with Gasteiger partial charge < -0.3 is 10.1 Å². The number of urea groups is 1. The fraction of sp³-hybridized carbons (Fsp3) is 0. The van der Waals surface area contributed by atoms with Gasteiger partial charge in [-0.1, -0.05) is 0 Å². The summed E-state index contributed by atoms with van der Waals surface area (Å²) in [6.07, 6.45) is 1.11. The van der Waals surface area contributed by atoms with Crippen LogP contribution in [0, 0.1) is 21.6 Å². The maximum atomic E-state index is 9.71. The average molecular weight is 115 g/mol. The molecule has 0 aliphatic carbocycles. The van der Waals surface area contributed by atoms with Crippen LogP contribution in [0.5, 0.6) is 0 Å². The van der Waals surface area contributed by atoms with Crippen molar-refractivity contribution in [1.82, 2.24) is 5.32 Å². The minimum absolute atomic E-state index is 1.11. The van der Waals surface area contributed by atoms with Gasteiger partial charge in [0.15, 0.2) is 0 Å². The third-order valence-corrected chi connectivity index (χ3v) is 0.329. The smallest absolute Gasteiger partial charge is 0.355 e. The normalized spacial score (nSPS) is 6.88. The van der Waals surface area contributed by atoms with Crippen LogP contribution in [0.1, 0.15) is 0 Å². The quantitative estimate of drug-likeness (QED) is 0.198. The fourth-order valence-corrected chi connectivity index (χ4v) is 0.0935. The summed E-state index contributed by atoms with van der Waals surface area (Å²) in [6, 6.07) is -1.51. The highest BCUT2D eigenvalue weighted by atomic mass is 16.6. The second-order valence-corrected chi connectivity index (χ2v) is 0.799. The summed E-state index contributed by atoms with van der Waals surface area (Å²) in [5.74, 6) is 0. The van der Waals surface area contributed by atoms with Crippen LogP contribution < -0.4 is 5.32 Å². The summed E-state index contributed by atoms with van der Waals surface area (Å²) in [5, 5.41) is 18.2. The first-order chi connectivity index (χ1) is 3.68. The van der Waals surface area contributed by atoms with E-state index in [4.69, 9.17) is 5.26 Å². The first-order valence-electron chi connectivity index (χ1n) is 1.52. The van der Waals surface area contributed by atoms with Crippen LogP contribution in [-0.2, 0) is 0 Å². The van der Waals surface area contributed by atoms with Crippen molar-refractivity contribution in [3.63, 3.8) is 0 Å². The lowest BCUT2D eigenvalue weighted by molar-refractivity contribution is -0.373. The molecular formula is C2HN3O3. The van der Waals surface area contributed by atoms with E-state index in [0.29, 0.717) is 0 Å². The summed E-state index contributed by atoms with van der Waals surface area (Å²) >= 11 is 0. The lowest BCUT2D eigenvalue weighted by Gasteiger charge is -1.83. The Morgan fingerprint density at radius 3 is 2.50 bits per heavy atom. The molecular weight excluding hydrogens is 114 g/mol. The van der Waals surface area contributed by atoms with Crippen molar-refractivity contribution in [3.05, 3.63) is 10.1 Å². The van der Waals surface area contributed by atoms with E-state index in [1.165, 1.54) is 5.32 Å². The second kappa shape index (κ2) is 2.52. The number of rotatable bonds is 0. The van der Waals surface area contributed by atoms with Gasteiger partial charge in [0.25, 0.3) is 6.19 Å². The molecule has 6 heteroatoms. The highest BCUT2D eigenvalue weighted by Gasteiger charge is 2.08. The van der Waals surface area contributed by atoms with Crippen LogP contribution in [0.3, 0.4) is 0 Å². The van der Waals surface area contributed by atoms with Crippen molar-refractivity contribution >= 4 is 6.03 Å². The minimum atomic E-state index is -1.51. The van der Waals surface area contributed by atoms with Gasteiger partial charge in [0, 0.05) is 4.92 Å². The Labute approximate surface area is 43.9 Å². The van der Waals surface area contributed by atoms with Gasteiger partial charge >= 0.3 is 6.03 Å². The molecule has 0 atom stereocenters. The molecule has 0 aromatic heterocycles. The highest BCUT2D eigenvalue weighted by molar-refractivity contribution is 5.66. The van der Waals surface area contributed by atoms with Gasteiger partial charge in [-0.05, 0) is 0 Å². The molecule has 0 bridgehead atoms. The van der Waals surface area contributed by atoms with E-state index in [9.17, 15) is 14.9 Å². The predicted molar refractivity (Wildman–Crippen MR) is 21.1 cm³/mol. The topological polar surface area (TPSA) is 96.0 Å². The van der Waals surface area contributed by atoms with Crippen molar-refractivity contribution in [1.29, 1.82) is 5.26 Å². The lowest BCUT2D eigenvalue weighted by Crippen LogP contribution is -2.23. The number of amides is 2. The fourth-order valence-electron chi connectivity index (χ4n) is 0.0935. The molecule has 0 fully saturated rings. The van der Waals surface area contributed by atoms with E-state index >= 15 is 0 Å². The van der Waals surface area contributed by atoms with Crippen LogP contribution in [0.2, 0.25) is 0 Å². The van der Waals surface area contributed by atoms with Crippen LogP contribution in [0.25, 0.3) is 0 Å². The molecule has 0 aromatic rings. The Morgan fingerprint density at radius 2 is 2.38 bits per heavy atom. The van der Waals surface area contributed by atoms with Gasteiger partial charge in [0.2, 0.25) is 0 Å². The summed E-state index contributed by atoms with van der Waals surface area (Å²) in [5.41, 5.74) is 0. The van der Waals surface area contributed by atoms with E-state index in [1.807, 2.05) is 0 Å². The van der Waals surface area contributed by atoms with Crippen LogP contribution in [0.15, 0.2) is 0 Å². The van der Waals surface area contributed by atoms with Gasteiger partial charge in [-0.2, -0.15) is 4.79 Å². The highest BCUT2D eigenvalue weighted by Crippen LogP contribution is 1.67. The molecule has 0 aliphatic rings. The molecule has 0 saturated heterocycles. The molecule has 1 N–H and O–H groups in total. The zero-order valence-corrected chi connectivity index (χ0v) is 3.62. The number of nitrogens with one attached hydrogen (secondary N) is 1. The zero-order chi connectivity index (χ0) is 6.57. The van der Waals surface area contributed by atoms with Crippen LogP contribution >= 0.6 is 0 Å². The number of nitriles is 1. The second-order valence-electron chi connectivity index (χ2n) is 0.799. The lowest BCUT2D eigenvalue weighted by atomic mass is 11.0. The molecule has 0 rings (SSSR count). The zero-order valence-electron chi connectivity index (χ0n) is 3.62. The van der Waals surface area contributed by atoms with E-state index in [0.717, 1.165) is 6.19 Å². The molecule has 6 nitrogen and oxygen atoms in total. The molecule has 8 heavy (non-hydrogen) atoms. The Balaban J connectivity index is 3.71. The van der Waals surface area contributed by atoms with Crippen LogP contribution in [0.4, 0.5) is 4.79 Å². The largest absolute Gasteiger partial charge is 0.547 e. The van der Waals surface area contributed by atoms with Gasteiger partial charge in [0.1, 0.15) is 0 Å². The number of hydrogen-bond donors (Lipinski definition) is 1. The first kappa shape index (κ1) is 6.36. The van der Waals surface area contributed by atoms with E-state index < -0.39 is 11.0 Å². The molecule has 0 aliphatic heterocycles. The van der Waals surface area contributed by atoms with Crippen molar-refractivity contribution in [2.75, 3.05) is 0 Å². The Morgan fingerprint density at radius 1 is 1.88 bits per heavy atom. The summed E-state index contributed by atoms with van der Waals surface area (Å²) < 4.78 is 0. The van der Waals surface area contributed by atoms with E-state index in [2.05, 4.69) is 0 Å². The van der Waals surface area contributed by atoms with E-state index in [-0.39, 0.29) is 0 Å². The van der Waals surface area contributed by atoms with Gasteiger partial charge in [0.05, 0.1) is 0 Å². The summed E-state index contributed by atoms with van der Waals surface area (Å²) in [4.78, 5) is 17.8. The van der Waals surface area contributed by atoms with E-state index in [1.54, 1.807) is 0 Å². The predicted octanol–water partition coefficient (Wildman–Crippen LogP) is -0.546. The molecule has 0 unspecified atom stereocenters. The average Bonchev–Trinajstić information content (AvgIpc) is 1.67. The minimum Gasteiger partial charge on any atom is -0.355 e. The third kappa shape index (κ3) is 1.71. The third-order valence-electron chi connectivity index (χ3n) is 0.329. The number of carbonyl (C=O) groups excluding carboxylic acids is 1. The van der Waals surface area contributed by atoms with Crippen molar-refractivity contribution < 1.29 is 9.72 Å². The number of hydrogen-bond acceptors (Lipinski definition) is 4. The monoisotopic (exact) mass is 115 g/mol. The number of nitro groups is 1. The van der Waals surface area contributed by atoms with Gasteiger partial charge in [-0.25, -0.2) is 0 Å². The van der Waals surface area contributed by atoms with Crippen molar-refractivity contribution in [3.8, 4) is 6.19 Å². The summed E-state index contributed by atoms with van der Waals surface area (Å²) in [7, 11) is 0. The molecule has 2 amide bonds. The Kier molecular flexibility index (Phi) is 2.00. The molecule has 0 radical (unpaired) electrons. The number of nitrogens with zero attached hydrogens (tertiary/aromatic N) is 2. The summed E-state index contributed by atoms with van der Waals surface area (Å²) in [6.45, 7) is 0. The van der Waals surface area contributed by atoms with Crippen molar-refractivity contribution in [2.45, 2.75) is 0 Å². The maximum absolute atomic E-state index is 9.71. The molecule has 0 aromatic carbocycles. The molecule has 0 heterocycles. The Hall–Kier alpha value is -1.64. The van der Waals surface area contributed by atoms with Crippen molar-refractivity contribution in [2.24, 2.45) is 0 Å². The Bertz CT molecular complexity index is 156. The van der Waals surface area contributed by atoms with Crippen LogP contribution in [-0.4, -0.2) is 11.0 Å². The standard InChI is InChI=1S/C2HN3O3/c3-1-4-2(6)5(7)8/h(H,4,6). The maximum Gasteiger partial charge on any atom is 0.547 e. The SMILES string of the molecule is N#CNC(=O)[N+](=O)[O-]. The van der Waals surface area contributed by atoms with Gasteiger partial charge in [-0.3, -0.25) is 0 Å². The number of carbonyl (C=O) groups is 1. The molecule has 0 spiro atoms.